The van der Waals surface area contributed by atoms with Crippen molar-refractivity contribution >= 4 is 27.7 Å². The molecular formula is C12H20BrNS. The van der Waals surface area contributed by atoms with E-state index in [0.29, 0.717) is 5.41 Å². The number of nitrogens with one attached hydrogen (secondary N) is 1. The average Bonchev–Trinajstić information content (AvgIpc) is 2.59. The van der Waals surface area contributed by atoms with Crippen molar-refractivity contribution < 1.29 is 0 Å². The van der Waals surface area contributed by atoms with Crippen LogP contribution < -0.4 is 5.32 Å². The van der Waals surface area contributed by atoms with E-state index in [-0.39, 0.29) is 0 Å². The molecule has 0 aromatic carbocycles. The van der Waals surface area contributed by atoms with Gasteiger partial charge in [0.2, 0.25) is 0 Å². The zero-order chi connectivity index (χ0) is 10.3. The van der Waals surface area contributed by atoms with Gasteiger partial charge in [-0.2, -0.15) is 11.8 Å². The molecule has 1 spiro atoms. The molecule has 15 heavy (non-hydrogen) atoms. The summed E-state index contributed by atoms with van der Waals surface area (Å²) < 4.78 is 0. The van der Waals surface area contributed by atoms with Crippen LogP contribution in [0.25, 0.3) is 0 Å². The first-order valence-electron chi connectivity index (χ1n) is 6.25. The SMILES string of the molecule is BrC1CCC2NCC3(CCSCC3)C2C1. The lowest BCUT2D eigenvalue weighted by molar-refractivity contribution is 0.155. The van der Waals surface area contributed by atoms with E-state index in [9.17, 15) is 0 Å². The fourth-order valence-electron chi connectivity index (χ4n) is 3.83. The van der Waals surface area contributed by atoms with E-state index in [1.54, 1.807) is 0 Å². The van der Waals surface area contributed by atoms with Crippen molar-refractivity contribution in [3.8, 4) is 0 Å². The summed E-state index contributed by atoms with van der Waals surface area (Å²) in [5.74, 6) is 3.77. The minimum Gasteiger partial charge on any atom is -0.313 e. The molecule has 3 heteroatoms. The minimum atomic E-state index is 0.683. The molecule has 0 bridgehead atoms. The number of hydrogen-bond acceptors (Lipinski definition) is 2. The summed E-state index contributed by atoms with van der Waals surface area (Å²) >= 11 is 6.00. The lowest BCUT2D eigenvalue weighted by Crippen LogP contribution is -2.39. The van der Waals surface area contributed by atoms with Crippen molar-refractivity contribution in [3.63, 3.8) is 0 Å². The molecule has 2 aliphatic heterocycles. The van der Waals surface area contributed by atoms with E-state index < -0.39 is 0 Å². The molecule has 3 unspecified atom stereocenters. The Morgan fingerprint density at radius 3 is 2.80 bits per heavy atom. The third-order valence-corrected chi connectivity index (χ3v) is 6.60. The van der Waals surface area contributed by atoms with Gasteiger partial charge in [0.05, 0.1) is 0 Å². The van der Waals surface area contributed by atoms with E-state index in [4.69, 9.17) is 0 Å². The maximum atomic E-state index is 3.84. The lowest BCUT2D eigenvalue weighted by atomic mass is 9.67. The normalized spacial score (nSPS) is 44.2. The van der Waals surface area contributed by atoms with Gasteiger partial charge in [0, 0.05) is 17.4 Å². The molecule has 0 aromatic heterocycles. The molecule has 1 N–H and O–H groups in total. The van der Waals surface area contributed by atoms with E-state index in [1.165, 1.54) is 50.2 Å². The van der Waals surface area contributed by atoms with Gasteiger partial charge in [-0.1, -0.05) is 15.9 Å². The third kappa shape index (κ3) is 1.89. The first-order chi connectivity index (χ1) is 7.30. The lowest BCUT2D eigenvalue weighted by Gasteiger charge is -2.42. The smallest absolute Gasteiger partial charge is 0.0149 e. The van der Waals surface area contributed by atoms with Gasteiger partial charge in [0.25, 0.3) is 0 Å². The fourth-order valence-corrected chi connectivity index (χ4v) is 5.80. The van der Waals surface area contributed by atoms with Crippen molar-refractivity contribution in [2.45, 2.75) is 43.0 Å². The second-order valence-corrected chi connectivity index (χ2v) is 8.00. The van der Waals surface area contributed by atoms with Crippen LogP contribution in [0.2, 0.25) is 0 Å². The number of alkyl halides is 1. The zero-order valence-corrected chi connectivity index (χ0v) is 11.6. The van der Waals surface area contributed by atoms with Crippen molar-refractivity contribution in [2.75, 3.05) is 18.1 Å². The highest BCUT2D eigenvalue weighted by atomic mass is 79.9. The molecule has 3 rings (SSSR count). The molecule has 3 fully saturated rings. The molecule has 0 radical (unpaired) electrons. The summed E-state index contributed by atoms with van der Waals surface area (Å²) in [7, 11) is 0. The summed E-state index contributed by atoms with van der Waals surface area (Å²) in [6, 6.07) is 0.849. The summed E-state index contributed by atoms with van der Waals surface area (Å²) in [4.78, 5) is 0.796. The van der Waals surface area contributed by atoms with E-state index in [0.717, 1.165) is 16.8 Å². The second kappa shape index (κ2) is 4.23. The van der Waals surface area contributed by atoms with Crippen LogP contribution in [0.4, 0.5) is 0 Å². The van der Waals surface area contributed by atoms with Crippen LogP contribution >= 0.6 is 27.7 Å². The highest BCUT2D eigenvalue weighted by Gasteiger charge is 2.50. The fraction of sp³-hybridized carbons (Fsp3) is 1.00. The number of thioether (sulfide) groups is 1. The van der Waals surface area contributed by atoms with Crippen LogP contribution in [0, 0.1) is 11.3 Å². The predicted octanol–water partition coefficient (Wildman–Crippen LogP) is 3.04. The minimum absolute atomic E-state index is 0.683. The van der Waals surface area contributed by atoms with Gasteiger partial charge in [-0.15, -0.1) is 0 Å². The van der Waals surface area contributed by atoms with Crippen molar-refractivity contribution in [3.05, 3.63) is 0 Å². The van der Waals surface area contributed by atoms with Crippen LogP contribution in [0.15, 0.2) is 0 Å². The summed E-state index contributed by atoms with van der Waals surface area (Å²) in [6.45, 7) is 1.31. The van der Waals surface area contributed by atoms with Crippen LogP contribution in [0.1, 0.15) is 32.1 Å². The van der Waals surface area contributed by atoms with Gasteiger partial charge < -0.3 is 5.32 Å². The molecule has 0 amide bonds. The van der Waals surface area contributed by atoms with Gasteiger partial charge in [-0.25, -0.2) is 0 Å². The van der Waals surface area contributed by atoms with Crippen molar-refractivity contribution in [1.82, 2.24) is 5.32 Å². The molecule has 3 atom stereocenters. The third-order valence-electron chi connectivity index (χ3n) is 4.78. The topological polar surface area (TPSA) is 12.0 Å². The summed E-state index contributed by atoms with van der Waals surface area (Å²) in [6.07, 6.45) is 7.12. The van der Waals surface area contributed by atoms with Crippen LogP contribution in [-0.4, -0.2) is 28.9 Å². The molecule has 1 nitrogen and oxygen atoms in total. The Morgan fingerprint density at radius 1 is 1.20 bits per heavy atom. The van der Waals surface area contributed by atoms with Crippen LogP contribution in [0.5, 0.6) is 0 Å². The maximum Gasteiger partial charge on any atom is 0.0149 e. The number of halogens is 1. The van der Waals surface area contributed by atoms with E-state index in [2.05, 4.69) is 33.0 Å². The average molecular weight is 290 g/mol. The van der Waals surface area contributed by atoms with E-state index >= 15 is 0 Å². The van der Waals surface area contributed by atoms with Gasteiger partial charge in [0.15, 0.2) is 0 Å². The van der Waals surface area contributed by atoms with Crippen LogP contribution in [0.3, 0.4) is 0 Å². The molecule has 1 aliphatic carbocycles. The maximum absolute atomic E-state index is 3.84. The van der Waals surface area contributed by atoms with Crippen molar-refractivity contribution in [2.24, 2.45) is 11.3 Å². The van der Waals surface area contributed by atoms with Crippen LogP contribution in [-0.2, 0) is 0 Å². The molecular weight excluding hydrogens is 270 g/mol. The highest BCUT2D eigenvalue weighted by molar-refractivity contribution is 9.09. The first-order valence-corrected chi connectivity index (χ1v) is 8.32. The number of rotatable bonds is 0. The molecule has 2 saturated heterocycles. The Kier molecular flexibility index (Phi) is 3.08. The van der Waals surface area contributed by atoms with Gasteiger partial charge >= 0.3 is 0 Å². The zero-order valence-electron chi connectivity index (χ0n) is 9.18. The second-order valence-electron chi connectivity index (χ2n) is 5.48. The predicted molar refractivity (Wildman–Crippen MR) is 70.8 cm³/mol. The molecule has 86 valence electrons. The van der Waals surface area contributed by atoms with Gasteiger partial charge in [-0.3, -0.25) is 0 Å². The largest absolute Gasteiger partial charge is 0.313 e. The first kappa shape index (κ1) is 10.9. The van der Waals surface area contributed by atoms with Gasteiger partial charge in [0.1, 0.15) is 0 Å². The monoisotopic (exact) mass is 289 g/mol. The van der Waals surface area contributed by atoms with E-state index in [1.807, 2.05) is 0 Å². The molecule has 0 aromatic rings. The molecule has 1 saturated carbocycles. The Hall–Kier alpha value is 0.790. The summed E-state index contributed by atoms with van der Waals surface area (Å²) in [5.41, 5.74) is 0.683. The van der Waals surface area contributed by atoms with Crippen molar-refractivity contribution in [1.29, 1.82) is 0 Å². The Balaban J connectivity index is 1.78. The number of hydrogen-bond donors (Lipinski definition) is 1. The standard InChI is InChI=1S/C12H20BrNS/c13-9-1-2-11-10(7-9)12(8-14-11)3-5-15-6-4-12/h9-11,14H,1-8H2. The number of fused-ring (bicyclic) bond motifs is 2. The molecule has 2 heterocycles. The Bertz CT molecular complexity index is 240. The molecule has 3 aliphatic rings. The quantitative estimate of drug-likeness (QED) is 0.688. The Morgan fingerprint density at radius 2 is 2.00 bits per heavy atom. The summed E-state index contributed by atoms with van der Waals surface area (Å²) in [5, 5.41) is 3.81. The highest BCUT2D eigenvalue weighted by Crippen LogP contribution is 2.51. The van der Waals surface area contributed by atoms with Gasteiger partial charge in [-0.05, 0) is 54.9 Å². The Labute approximate surface area is 105 Å².